The number of nitrogens with one attached hydrogen (secondary N) is 1. The van der Waals surface area contributed by atoms with Crippen LogP contribution in [0.4, 0.5) is 15.9 Å². The van der Waals surface area contributed by atoms with Gasteiger partial charge < -0.3 is 10.4 Å². The quantitative estimate of drug-likeness (QED) is 0.847. The largest absolute Gasteiger partial charge is 0.478 e. The fourth-order valence-electron chi connectivity index (χ4n) is 1.76. The van der Waals surface area contributed by atoms with Gasteiger partial charge in [-0.25, -0.2) is 14.2 Å². The second-order valence-corrected chi connectivity index (χ2v) is 5.73. The molecule has 21 heavy (non-hydrogen) atoms. The Balaban J connectivity index is 2.38. The van der Waals surface area contributed by atoms with Crippen LogP contribution in [-0.2, 0) is 0 Å². The molecule has 0 aliphatic rings. The Morgan fingerprint density at radius 3 is 2.62 bits per heavy atom. The molecule has 1 heterocycles. The standard InChI is InChI=1S/C15H14BrFN2O2/c1-8(2)13-5-9(15(20)21)6-14(19-13)18-10-3-4-11(16)12(17)7-10/h3-8H,1-2H3,(H,18,19)(H,20,21). The molecular formula is C15H14BrFN2O2. The third kappa shape index (κ3) is 3.78. The van der Waals surface area contributed by atoms with Crippen LogP contribution < -0.4 is 5.32 Å². The first-order chi connectivity index (χ1) is 9.86. The molecule has 0 aliphatic heterocycles. The minimum Gasteiger partial charge on any atom is -0.478 e. The molecule has 4 nitrogen and oxygen atoms in total. The van der Waals surface area contributed by atoms with Gasteiger partial charge in [0.1, 0.15) is 11.6 Å². The van der Waals surface area contributed by atoms with E-state index in [1.807, 2.05) is 13.8 Å². The van der Waals surface area contributed by atoms with E-state index in [0.717, 1.165) is 0 Å². The fraction of sp³-hybridized carbons (Fsp3) is 0.200. The highest BCUT2D eigenvalue weighted by atomic mass is 79.9. The van der Waals surface area contributed by atoms with Gasteiger partial charge in [-0.1, -0.05) is 13.8 Å². The molecule has 0 fully saturated rings. The Morgan fingerprint density at radius 2 is 2.05 bits per heavy atom. The lowest BCUT2D eigenvalue weighted by molar-refractivity contribution is 0.0696. The van der Waals surface area contributed by atoms with Crippen LogP contribution in [0.5, 0.6) is 0 Å². The molecule has 0 unspecified atom stereocenters. The van der Waals surface area contributed by atoms with Crippen LogP contribution in [0.3, 0.4) is 0 Å². The number of anilines is 2. The van der Waals surface area contributed by atoms with Gasteiger partial charge in [0.05, 0.1) is 10.0 Å². The third-order valence-electron chi connectivity index (χ3n) is 2.88. The van der Waals surface area contributed by atoms with Gasteiger partial charge in [0.15, 0.2) is 0 Å². The highest BCUT2D eigenvalue weighted by molar-refractivity contribution is 9.10. The first-order valence-electron chi connectivity index (χ1n) is 6.34. The third-order valence-corrected chi connectivity index (χ3v) is 3.52. The number of aromatic nitrogens is 1. The first-order valence-corrected chi connectivity index (χ1v) is 7.13. The second kappa shape index (κ2) is 6.22. The number of carboxylic acid groups (broad SMARTS) is 1. The lowest BCUT2D eigenvalue weighted by atomic mass is 10.1. The van der Waals surface area contributed by atoms with E-state index in [9.17, 15) is 9.18 Å². The van der Waals surface area contributed by atoms with Crippen LogP contribution in [-0.4, -0.2) is 16.1 Å². The molecule has 0 aliphatic carbocycles. The Labute approximate surface area is 130 Å². The monoisotopic (exact) mass is 352 g/mol. The number of carbonyl (C=O) groups is 1. The van der Waals surface area contributed by atoms with E-state index in [1.165, 1.54) is 12.1 Å². The average molecular weight is 353 g/mol. The van der Waals surface area contributed by atoms with Gasteiger partial charge in [-0.2, -0.15) is 0 Å². The van der Waals surface area contributed by atoms with Crippen LogP contribution >= 0.6 is 15.9 Å². The molecular weight excluding hydrogens is 339 g/mol. The van der Waals surface area contributed by atoms with Crippen molar-refractivity contribution in [3.05, 3.63) is 51.9 Å². The summed E-state index contributed by atoms with van der Waals surface area (Å²) in [6, 6.07) is 7.53. The van der Waals surface area contributed by atoms with Crippen molar-refractivity contribution in [1.29, 1.82) is 0 Å². The molecule has 2 N–H and O–H groups in total. The Hall–Kier alpha value is -1.95. The van der Waals surface area contributed by atoms with Gasteiger partial charge in [-0.15, -0.1) is 0 Å². The van der Waals surface area contributed by atoms with Gasteiger partial charge in [-0.3, -0.25) is 0 Å². The molecule has 0 bridgehead atoms. The van der Waals surface area contributed by atoms with Crippen LogP contribution in [0.2, 0.25) is 0 Å². The second-order valence-electron chi connectivity index (χ2n) is 4.88. The zero-order valence-electron chi connectivity index (χ0n) is 11.5. The highest BCUT2D eigenvalue weighted by Crippen LogP contribution is 2.24. The lowest BCUT2D eigenvalue weighted by Gasteiger charge is -2.11. The van der Waals surface area contributed by atoms with E-state index in [1.54, 1.807) is 18.2 Å². The molecule has 6 heteroatoms. The summed E-state index contributed by atoms with van der Waals surface area (Å²) in [5.41, 5.74) is 1.31. The van der Waals surface area contributed by atoms with E-state index >= 15 is 0 Å². The predicted molar refractivity (Wildman–Crippen MR) is 82.7 cm³/mol. The van der Waals surface area contributed by atoms with Gasteiger partial charge in [0.25, 0.3) is 0 Å². The molecule has 0 radical (unpaired) electrons. The summed E-state index contributed by atoms with van der Waals surface area (Å²) in [5, 5.41) is 12.1. The van der Waals surface area contributed by atoms with E-state index < -0.39 is 11.8 Å². The van der Waals surface area contributed by atoms with Crippen LogP contribution in [0.25, 0.3) is 0 Å². The molecule has 110 valence electrons. The normalized spacial score (nSPS) is 10.7. The summed E-state index contributed by atoms with van der Waals surface area (Å²) < 4.78 is 13.9. The van der Waals surface area contributed by atoms with Crippen molar-refractivity contribution in [2.45, 2.75) is 19.8 Å². The maximum atomic E-state index is 13.5. The molecule has 1 aromatic carbocycles. The van der Waals surface area contributed by atoms with E-state index in [2.05, 4.69) is 26.2 Å². The number of carboxylic acids is 1. The number of hydrogen-bond acceptors (Lipinski definition) is 3. The van der Waals surface area contributed by atoms with E-state index in [4.69, 9.17) is 5.11 Å². The Kier molecular flexibility index (Phi) is 4.57. The molecule has 1 aromatic heterocycles. The van der Waals surface area contributed by atoms with Crippen LogP contribution in [0.1, 0.15) is 35.8 Å². The molecule has 2 rings (SSSR count). The number of benzene rings is 1. The fourth-order valence-corrected chi connectivity index (χ4v) is 2.00. The van der Waals surface area contributed by atoms with Crippen molar-refractivity contribution in [3.8, 4) is 0 Å². The zero-order chi connectivity index (χ0) is 15.6. The van der Waals surface area contributed by atoms with Gasteiger partial charge in [0.2, 0.25) is 0 Å². The molecule has 0 saturated carbocycles. The number of aromatic carboxylic acids is 1. The SMILES string of the molecule is CC(C)c1cc(C(=O)O)cc(Nc2ccc(Br)c(F)c2)n1. The predicted octanol–water partition coefficient (Wildman–Crippen LogP) is 4.55. The minimum absolute atomic E-state index is 0.0894. The van der Waals surface area contributed by atoms with Crippen molar-refractivity contribution in [1.82, 2.24) is 4.98 Å². The van der Waals surface area contributed by atoms with Crippen molar-refractivity contribution in [3.63, 3.8) is 0 Å². The number of rotatable bonds is 4. The molecule has 0 spiro atoms. The number of pyridine rings is 1. The molecule has 0 saturated heterocycles. The highest BCUT2D eigenvalue weighted by Gasteiger charge is 2.11. The minimum atomic E-state index is -1.02. The summed E-state index contributed by atoms with van der Waals surface area (Å²) in [6.07, 6.45) is 0. The topological polar surface area (TPSA) is 62.2 Å². The Morgan fingerprint density at radius 1 is 1.33 bits per heavy atom. The van der Waals surface area contributed by atoms with Crippen molar-refractivity contribution in [2.75, 3.05) is 5.32 Å². The number of halogens is 2. The molecule has 0 atom stereocenters. The summed E-state index contributed by atoms with van der Waals surface area (Å²) in [4.78, 5) is 15.5. The number of hydrogen-bond donors (Lipinski definition) is 2. The van der Waals surface area contributed by atoms with E-state index in [-0.39, 0.29) is 11.5 Å². The maximum Gasteiger partial charge on any atom is 0.335 e. The molecule has 0 amide bonds. The maximum absolute atomic E-state index is 13.5. The summed E-state index contributed by atoms with van der Waals surface area (Å²) >= 11 is 3.08. The van der Waals surface area contributed by atoms with Gasteiger partial charge >= 0.3 is 5.97 Å². The van der Waals surface area contributed by atoms with Crippen molar-refractivity contribution in [2.24, 2.45) is 0 Å². The average Bonchev–Trinajstić information content (AvgIpc) is 2.42. The summed E-state index contributed by atoms with van der Waals surface area (Å²) in [5.74, 6) is -0.963. The van der Waals surface area contributed by atoms with Crippen molar-refractivity contribution >= 4 is 33.4 Å². The van der Waals surface area contributed by atoms with Gasteiger partial charge in [0, 0.05) is 11.4 Å². The summed E-state index contributed by atoms with van der Waals surface area (Å²) in [6.45, 7) is 3.86. The van der Waals surface area contributed by atoms with E-state index in [0.29, 0.717) is 21.7 Å². The Bertz CT molecular complexity index is 689. The molecule has 2 aromatic rings. The van der Waals surface area contributed by atoms with Crippen molar-refractivity contribution < 1.29 is 14.3 Å². The zero-order valence-corrected chi connectivity index (χ0v) is 13.1. The van der Waals surface area contributed by atoms with Crippen LogP contribution in [0, 0.1) is 5.82 Å². The summed E-state index contributed by atoms with van der Waals surface area (Å²) in [7, 11) is 0. The first kappa shape index (κ1) is 15.4. The number of nitrogens with zero attached hydrogens (tertiary/aromatic N) is 1. The van der Waals surface area contributed by atoms with Crippen LogP contribution in [0.15, 0.2) is 34.8 Å². The lowest BCUT2D eigenvalue weighted by Crippen LogP contribution is -2.05. The van der Waals surface area contributed by atoms with Gasteiger partial charge in [-0.05, 0) is 52.2 Å². The smallest absolute Gasteiger partial charge is 0.335 e.